The number of rotatable bonds is 0. The number of carbonyl (C=O) groups excluding carboxylic acids is 1. The van der Waals surface area contributed by atoms with Crippen molar-refractivity contribution in [3.63, 3.8) is 0 Å². The first-order valence-corrected chi connectivity index (χ1v) is 14.2. The Hall–Kier alpha value is -0.570. The number of hydrogen-bond donors (Lipinski definition) is 1. The molecule has 5 saturated carbocycles. The van der Waals surface area contributed by atoms with E-state index < -0.39 is 0 Å². The highest BCUT2D eigenvalue weighted by atomic mass is 16.5. The van der Waals surface area contributed by atoms with E-state index in [2.05, 4.69) is 48.5 Å². The van der Waals surface area contributed by atoms with Crippen LogP contribution in [-0.2, 0) is 9.53 Å². The number of aliphatic hydroxyl groups is 1. The highest BCUT2D eigenvalue weighted by Crippen LogP contribution is 2.76. The van der Waals surface area contributed by atoms with Crippen molar-refractivity contribution in [1.82, 2.24) is 0 Å². The zero-order valence-corrected chi connectivity index (χ0v) is 22.2. The molecular formula is C30H48O3. The summed E-state index contributed by atoms with van der Waals surface area (Å²) in [7, 11) is 0. The fourth-order valence-electron chi connectivity index (χ4n) is 12.0. The topological polar surface area (TPSA) is 46.5 Å². The largest absolute Gasteiger partial charge is 0.461 e. The predicted octanol–water partition coefficient (Wildman–Crippen LogP) is 6.62. The van der Waals surface area contributed by atoms with E-state index in [0.717, 1.165) is 18.8 Å². The molecular weight excluding hydrogens is 408 g/mol. The number of fused-ring (bicyclic) bond motifs is 7. The second kappa shape index (κ2) is 6.60. The molecule has 186 valence electrons. The maximum absolute atomic E-state index is 12.8. The van der Waals surface area contributed by atoms with Crippen LogP contribution in [-0.4, -0.2) is 23.3 Å². The average molecular weight is 457 g/mol. The Kier molecular flexibility index (Phi) is 4.57. The van der Waals surface area contributed by atoms with E-state index in [0.29, 0.717) is 39.9 Å². The van der Waals surface area contributed by atoms with Crippen molar-refractivity contribution >= 4 is 5.97 Å². The van der Waals surface area contributed by atoms with Crippen LogP contribution in [0.15, 0.2) is 0 Å². The van der Waals surface area contributed by atoms with Gasteiger partial charge in [0.25, 0.3) is 0 Å². The minimum absolute atomic E-state index is 0.0183. The summed E-state index contributed by atoms with van der Waals surface area (Å²) in [4.78, 5) is 12.8. The van der Waals surface area contributed by atoms with Crippen LogP contribution < -0.4 is 0 Å². The molecule has 0 amide bonds. The van der Waals surface area contributed by atoms with Crippen LogP contribution in [0.4, 0.5) is 0 Å². The molecule has 2 heterocycles. The number of esters is 1. The molecule has 0 radical (unpaired) electrons. The van der Waals surface area contributed by atoms with Crippen molar-refractivity contribution in [3.05, 3.63) is 0 Å². The zero-order chi connectivity index (χ0) is 23.8. The Bertz CT molecular complexity index is 861. The van der Waals surface area contributed by atoms with Gasteiger partial charge in [0.05, 0.1) is 12.0 Å². The lowest BCUT2D eigenvalue weighted by atomic mass is 9.32. The van der Waals surface area contributed by atoms with Crippen LogP contribution in [0.2, 0.25) is 0 Å². The molecule has 0 spiro atoms. The van der Waals surface area contributed by atoms with E-state index in [9.17, 15) is 9.90 Å². The van der Waals surface area contributed by atoms with Gasteiger partial charge in [-0.2, -0.15) is 0 Å². The predicted molar refractivity (Wildman–Crippen MR) is 130 cm³/mol. The van der Waals surface area contributed by atoms with Crippen LogP contribution in [0, 0.1) is 62.6 Å². The quantitative estimate of drug-likeness (QED) is 0.417. The van der Waals surface area contributed by atoms with Gasteiger partial charge in [0.2, 0.25) is 0 Å². The Morgan fingerprint density at radius 3 is 2.24 bits per heavy atom. The average Bonchev–Trinajstić information content (AvgIpc) is 2.72. The fraction of sp³-hybridized carbons (Fsp3) is 0.967. The van der Waals surface area contributed by atoms with Gasteiger partial charge in [-0.15, -0.1) is 0 Å². The summed E-state index contributed by atoms with van der Waals surface area (Å²) in [5, 5.41) is 10.9. The molecule has 5 unspecified atom stereocenters. The molecule has 1 N–H and O–H groups in total. The Morgan fingerprint density at radius 1 is 0.818 bits per heavy atom. The highest BCUT2D eigenvalue weighted by molar-refractivity contribution is 5.75. The molecule has 0 aromatic carbocycles. The van der Waals surface area contributed by atoms with E-state index in [1.54, 1.807) is 0 Å². The fourth-order valence-corrected chi connectivity index (χ4v) is 12.0. The SMILES string of the molecule is CC1(C)C[C@H]2C(=O)O[C@@H]1C1C2CC[C@]2(C)C1CCC1[C@@]3(C)CC[C@H](O)C(C)(C)C3CC[C@]12C. The lowest BCUT2D eigenvalue weighted by Crippen LogP contribution is -2.69. The molecule has 2 bridgehead atoms. The van der Waals surface area contributed by atoms with Gasteiger partial charge in [-0.05, 0) is 103 Å². The van der Waals surface area contributed by atoms with Gasteiger partial charge in [-0.1, -0.05) is 48.5 Å². The first-order valence-electron chi connectivity index (χ1n) is 14.2. The van der Waals surface area contributed by atoms with Gasteiger partial charge in [-0.25, -0.2) is 0 Å². The Morgan fingerprint density at radius 2 is 1.52 bits per heavy atom. The van der Waals surface area contributed by atoms with E-state index in [1.165, 1.54) is 44.9 Å². The molecule has 5 aliphatic carbocycles. The van der Waals surface area contributed by atoms with Gasteiger partial charge in [-0.3, -0.25) is 4.79 Å². The van der Waals surface area contributed by atoms with Crippen LogP contribution >= 0.6 is 0 Å². The molecule has 11 atom stereocenters. The van der Waals surface area contributed by atoms with Crippen LogP contribution in [0.5, 0.6) is 0 Å². The lowest BCUT2D eigenvalue weighted by molar-refractivity contribution is -0.275. The van der Waals surface area contributed by atoms with Gasteiger partial charge in [0.15, 0.2) is 0 Å². The minimum Gasteiger partial charge on any atom is -0.461 e. The molecule has 7 fully saturated rings. The maximum Gasteiger partial charge on any atom is 0.309 e. The normalized spacial score (nSPS) is 58.4. The first kappa shape index (κ1) is 22.9. The van der Waals surface area contributed by atoms with Gasteiger partial charge in [0.1, 0.15) is 6.10 Å². The second-order valence-corrected chi connectivity index (χ2v) is 15.5. The third-order valence-corrected chi connectivity index (χ3v) is 13.8. The first-order chi connectivity index (χ1) is 15.3. The lowest BCUT2D eigenvalue weighted by Gasteiger charge is -2.73. The molecule has 3 heteroatoms. The third-order valence-electron chi connectivity index (χ3n) is 13.8. The van der Waals surface area contributed by atoms with E-state index in [-0.39, 0.29) is 34.9 Å². The van der Waals surface area contributed by atoms with Crippen molar-refractivity contribution in [2.75, 3.05) is 0 Å². The van der Waals surface area contributed by atoms with Crippen molar-refractivity contribution in [1.29, 1.82) is 0 Å². The molecule has 7 rings (SSSR count). The highest BCUT2D eigenvalue weighted by Gasteiger charge is 2.71. The van der Waals surface area contributed by atoms with Gasteiger partial charge >= 0.3 is 5.97 Å². The standard InChI is InChI=1S/C30H48O3/c1-26(2)16-18-17-10-14-29(6)19(23(17)24(26)33-25(18)32)8-9-21-28(5)13-12-22(31)27(3,4)20(28)11-15-30(21,29)7/h17-24,31H,8-16H2,1-7H3/t17?,18-,19?,20?,21?,22+,23?,24-,28+,29-,30-/m1/s1. The Labute approximate surface area is 201 Å². The summed E-state index contributed by atoms with van der Waals surface area (Å²) < 4.78 is 6.21. The summed E-state index contributed by atoms with van der Waals surface area (Å²) in [6.07, 6.45) is 10.8. The number of hydrogen-bond acceptors (Lipinski definition) is 3. The van der Waals surface area contributed by atoms with Crippen LogP contribution in [0.1, 0.15) is 106 Å². The number of aliphatic hydroxyl groups excluding tert-OH is 1. The maximum atomic E-state index is 12.8. The summed E-state index contributed by atoms with van der Waals surface area (Å²) in [6, 6.07) is 0. The van der Waals surface area contributed by atoms with Crippen LogP contribution in [0.3, 0.4) is 0 Å². The van der Waals surface area contributed by atoms with E-state index in [1.807, 2.05) is 0 Å². The number of carbonyl (C=O) groups is 1. The van der Waals surface area contributed by atoms with Crippen molar-refractivity contribution < 1.29 is 14.6 Å². The molecule has 7 aliphatic rings. The van der Waals surface area contributed by atoms with Gasteiger partial charge < -0.3 is 9.84 Å². The summed E-state index contributed by atoms with van der Waals surface area (Å²) in [5.41, 5.74) is 1.13. The summed E-state index contributed by atoms with van der Waals surface area (Å²) in [5.74, 6) is 3.40. The molecule has 0 aromatic heterocycles. The molecule has 2 aliphatic heterocycles. The van der Waals surface area contributed by atoms with Crippen molar-refractivity contribution in [2.45, 2.75) is 118 Å². The zero-order valence-electron chi connectivity index (χ0n) is 22.2. The van der Waals surface area contributed by atoms with E-state index >= 15 is 0 Å². The summed E-state index contributed by atoms with van der Waals surface area (Å²) in [6.45, 7) is 17.3. The molecule has 2 saturated heterocycles. The molecule has 0 aromatic rings. The minimum atomic E-state index is -0.156. The van der Waals surface area contributed by atoms with Crippen LogP contribution in [0.25, 0.3) is 0 Å². The molecule has 3 nitrogen and oxygen atoms in total. The number of ether oxygens (including phenoxy) is 1. The van der Waals surface area contributed by atoms with Crippen molar-refractivity contribution in [3.8, 4) is 0 Å². The third kappa shape index (κ3) is 2.59. The smallest absolute Gasteiger partial charge is 0.309 e. The van der Waals surface area contributed by atoms with Gasteiger partial charge in [0, 0.05) is 11.3 Å². The van der Waals surface area contributed by atoms with E-state index in [4.69, 9.17) is 4.74 Å². The summed E-state index contributed by atoms with van der Waals surface area (Å²) >= 11 is 0. The monoisotopic (exact) mass is 456 g/mol. The van der Waals surface area contributed by atoms with Crippen molar-refractivity contribution in [2.24, 2.45) is 62.6 Å². The molecule has 33 heavy (non-hydrogen) atoms. The second-order valence-electron chi connectivity index (χ2n) is 15.5. The Balaban J connectivity index is 1.38.